The topological polar surface area (TPSA) is 53.5 Å². The lowest BCUT2D eigenvalue weighted by Crippen LogP contribution is -2.34. The molecule has 6 heteroatoms. The fourth-order valence-electron chi connectivity index (χ4n) is 1.72. The molecular weight excluding hydrogens is 268 g/mol. The summed E-state index contributed by atoms with van der Waals surface area (Å²) in [7, 11) is 0. The lowest BCUT2D eigenvalue weighted by molar-refractivity contribution is 0.0521. The zero-order valence-corrected chi connectivity index (χ0v) is 10.7. The number of hydrogen-bond donors (Lipinski definition) is 0. The van der Waals surface area contributed by atoms with Gasteiger partial charge in [-0.25, -0.2) is 9.97 Å². The summed E-state index contributed by atoms with van der Waals surface area (Å²) in [4.78, 5) is 7.88. The molecular formula is C13H11ClN2O3. The number of para-hydroxylation sites is 2. The Morgan fingerprint density at radius 1 is 1.21 bits per heavy atom. The van der Waals surface area contributed by atoms with Crippen molar-refractivity contribution in [3.8, 4) is 17.4 Å². The van der Waals surface area contributed by atoms with Crippen molar-refractivity contribution in [3.05, 3.63) is 41.8 Å². The maximum atomic E-state index is 5.85. The van der Waals surface area contributed by atoms with E-state index in [2.05, 4.69) is 9.97 Å². The van der Waals surface area contributed by atoms with E-state index in [1.54, 1.807) is 0 Å². The molecule has 0 aliphatic carbocycles. The number of fused-ring (bicyclic) bond motifs is 1. The minimum Gasteiger partial charge on any atom is -0.486 e. The third-order valence-corrected chi connectivity index (χ3v) is 2.86. The molecule has 98 valence electrons. The number of ether oxygens (including phenoxy) is 3. The number of rotatable bonds is 3. The van der Waals surface area contributed by atoms with Crippen molar-refractivity contribution in [1.82, 2.24) is 9.97 Å². The third kappa shape index (κ3) is 2.71. The summed E-state index contributed by atoms with van der Waals surface area (Å²) in [5.41, 5.74) is 0. The Morgan fingerprint density at radius 2 is 2.00 bits per heavy atom. The van der Waals surface area contributed by atoms with Gasteiger partial charge in [-0.1, -0.05) is 23.7 Å². The van der Waals surface area contributed by atoms with Crippen molar-refractivity contribution in [3.63, 3.8) is 0 Å². The van der Waals surface area contributed by atoms with Gasteiger partial charge >= 0.3 is 0 Å². The van der Waals surface area contributed by atoms with Crippen LogP contribution in [0.4, 0.5) is 0 Å². The minimum atomic E-state index is -0.201. The van der Waals surface area contributed by atoms with Crippen LogP contribution in [0.15, 0.2) is 36.7 Å². The van der Waals surface area contributed by atoms with E-state index in [1.807, 2.05) is 24.3 Å². The first kappa shape index (κ1) is 12.0. The maximum absolute atomic E-state index is 5.85. The van der Waals surface area contributed by atoms with E-state index < -0.39 is 0 Å². The van der Waals surface area contributed by atoms with Crippen molar-refractivity contribution < 1.29 is 14.2 Å². The fraction of sp³-hybridized carbons (Fsp3) is 0.231. The highest BCUT2D eigenvalue weighted by molar-refractivity contribution is 6.30. The Balaban J connectivity index is 1.62. The molecule has 0 saturated carbocycles. The van der Waals surface area contributed by atoms with Gasteiger partial charge < -0.3 is 14.2 Å². The van der Waals surface area contributed by atoms with Crippen LogP contribution in [0.1, 0.15) is 0 Å². The van der Waals surface area contributed by atoms with Gasteiger partial charge in [0, 0.05) is 12.4 Å². The lowest BCUT2D eigenvalue weighted by atomic mass is 10.3. The van der Waals surface area contributed by atoms with Crippen LogP contribution >= 0.6 is 11.6 Å². The van der Waals surface area contributed by atoms with E-state index in [4.69, 9.17) is 25.8 Å². The molecule has 1 unspecified atom stereocenters. The molecule has 0 N–H and O–H groups in total. The van der Waals surface area contributed by atoms with Gasteiger partial charge in [0.15, 0.2) is 22.8 Å². The molecule has 1 aromatic heterocycles. The maximum Gasteiger partial charge on any atom is 0.252 e. The number of halogens is 1. The molecule has 0 amide bonds. The first-order chi connectivity index (χ1) is 9.33. The van der Waals surface area contributed by atoms with Gasteiger partial charge in [-0.15, -0.1) is 0 Å². The van der Waals surface area contributed by atoms with Gasteiger partial charge in [-0.3, -0.25) is 0 Å². The van der Waals surface area contributed by atoms with Gasteiger partial charge in [0.25, 0.3) is 5.88 Å². The van der Waals surface area contributed by atoms with Crippen molar-refractivity contribution in [2.75, 3.05) is 13.2 Å². The molecule has 1 aliphatic heterocycles. The van der Waals surface area contributed by atoms with Crippen molar-refractivity contribution in [1.29, 1.82) is 0 Å². The Kier molecular flexibility index (Phi) is 3.37. The summed E-state index contributed by atoms with van der Waals surface area (Å²) in [6.07, 6.45) is 2.83. The highest BCUT2D eigenvalue weighted by atomic mass is 35.5. The Morgan fingerprint density at radius 3 is 2.84 bits per heavy atom. The van der Waals surface area contributed by atoms with Gasteiger partial charge in [0.05, 0.1) is 0 Å². The molecule has 19 heavy (non-hydrogen) atoms. The highest BCUT2D eigenvalue weighted by Crippen LogP contribution is 2.31. The van der Waals surface area contributed by atoms with Crippen molar-refractivity contribution in [2.45, 2.75) is 6.10 Å². The normalized spacial score (nSPS) is 17.0. The molecule has 1 aromatic carbocycles. The number of aromatic nitrogens is 2. The molecule has 1 aliphatic rings. The summed E-state index contributed by atoms with van der Waals surface area (Å²) >= 11 is 5.85. The average molecular weight is 279 g/mol. The van der Waals surface area contributed by atoms with Crippen LogP contribution in [0.25, 0.3) is 0 Å². The predicted octanol–water partition coefficient (Wildman–Crippen LogP) is 2.35. The molecule has 0 bridgehead atoms. The quantitative estimate of drug-likeness (QED) is 0.863. The highest BCUT2D eigenvalue weighted by Gasteiger charge is 2.21. The zero-order chi connectivity index (χ0) is 13.1. The van der Waals surface area contributed by atoms with Crippen molar-refractivity contribution in [2.24, 2.45) is 0 Å². The van der Waals surface area contributed by atoms with Crippen LogP contribution < -0.4 is 14.2 Å². The predicted molar refractivity (Wildman–Crippen MR) is 68.9 cm³/mol. The SMILES string of the molecule is Clc1nccnc1OCC1COc2ccccc2O1. The molecule has 1 atom stereocenters. The molecule has 0 spiro atoms. The van der Waals surface area contributed by atoms with E-state index in [-0.39, 0.29) is 11.3 Å². The monoisotopic (exact) mass is 278 g/mol. The number of benzene rings is 1. The van der Waals surface area contributed by atoms with Crippen LogP contribution in [-0.2, 0) is 0 Å². The van der Waals surface area contributed by atoms with Crippen LogP contribution in [0.2, 0.25) is 5.15 Å². The van der Waals surface area contributed by atoms with Crippen LogP contribution in [0, 0.1) is 0 Å². The van der Waals surface area contributed by atoms with E-state index >= 15 is 0 Å². The number of hydrogen-bond acceptors (Lipinski definition) is 5. The summed E-state index contributed by atoms with van der Waals surface area (Å²) in [5.74, 6) is 1.76. The summed E-state index contributed by atoms with van der Waals surface area (Å²) < 4.78 is 16.8. The molecule has 3 rings (SSSR count). The molecule has 0 fully saturated rings. The van der Waals surface area contributed by atoms with E-state index in [0.717, 1.165) is 5.75 Å². The molecule has 2 aromatic rings. The third-order valence-electron chi connectivity index (χ3n) is 2.60. The van der Waals surface area contributed by atoms with Crippen molar-refractivity contribution >= 4 is 11.6 Å². The average Bonchev–Trinajstić information content (AvgIpc) is 2.46. The lowest BCUT2D eigenvalue weighted by Gasteiger charge is -2.26. The van der Waals surface area contributed by atoms with Gasteiger partial charge in [-0.2, -0.15) is 0 Å². The minimum absolute atomic E-state index is 0.201. The summed E-state index contributed by atoms with van der Waals surface area (Å²) in [5, 5.41) is 0.236. The molecule has 0 saturated heterocycles. The fourth-order valence-corrected chi connectivity index (χ4v) is 1.88. The number of nitrogens with zero attached hydrogens (tertiary/aromatic N) is 2. The van der Waals surface area contributed by atoms with Gasteiger partial charge in [-0.05, 0) is 12.1 Å². The molecule has 2 heterocycles. The Bertz CT molecular complexity index is 579. The second kappa shape index (κ2) is 5.32. The van der Waals surface area contributed by atoms with Crippen LogP contribution in [-0.4, -0.2) is 29.3 Å². The molecule has 5 nitrogen and oxygen atoms in total. The van der Waals surface area contributed by atoms with E-state index in [9.17, 15) is 0 Å². The zero-order valence-electron chi connectivity index (χ0n) is 9.95. The molecule has 0 radical (unpaired) electrons. The van der Waals surface area contributed by atoms with Crippen LogP contribution in [0.5, 0.6) is 17.4 Å². The first-order valence-electron chi connectivity index (χ1n) is 5.81. The first-order valence-corrected chi connectivity index (χ1v) is 6.18. The standard InChI is InChI=1S/C13H11ClN2O3/c14-12-13(16-6-5-15-12)18-8-9-7-17-10-3-1-2-4-11(10)19-9/h1-6,9H,7-8H2. The van der Waals surface area contributed by atoms with Gasteiger partial charge in [0.2, 0.25) is 0 Å². The second-order valence-corrected chi connectivity index (χ2v) is 4.32. The Hall–Kier alpha value is -2.01. The van der Waals surface area contributed by atoms with E-state index in [1.165, 1.54) is 12.4 Å². The second-order valence-electron chi connectivity index (χ2n) is 3.96. The smallest absolute Gasteiger partial charge is 0.252 e. The summed E-state index contributed by atoms with van der Waals surface area (Å²) in [6.45, 7) is 0.724. The summed E-state index contributed by atoms with van der Waals surface area (Å²) in [6, 6.07) is 7.52. The van der Waals surface area contributed by atoms with Gasteiger partial charge in [0.1, 0.15) is 13.2 Å². The Labute approximate surface area is 115 Å². The van der Waals surface area contributed by atoms with E-state index in [0.29, 0.717) is 24.8 Å². The largest absolute Gasteiger partial charge is 0.486 e. The van der Waals surface area contributed by atoms with Crippen LogP contribution in [0.3, 0.4) is 0 Å².